The van der Waals surface area contributed by atoms with Crippen LogP contribution in [0.15, 0.2) is 0 Å². The van der Waals surface area contributed by atoms with Crippen molar-refractivity contribution in [2.45, 2.75) is 19.8 Å². The van der Waals surface area contributed by atoms with E-state index in [0.29, 0.717) is 19.6 Å². The number of hydrogen-bond acceptors (Lipinski definition) is 3. The van der Waals surface area contributed by atoms with Gasteiger partial charge >= 0.3 is 0 Å². The maximum Gasteiger partial charge on any atom is 0.243 e. The lowest BCUT2D eigenvalue weighted by Crippen LogP contribution is -2.28. The third kappa shape index (κ3) is 8.81. The number of ether oxygens (including phenoxy) is 1. The van der Waals surface area contributed by atoms with Gasteiger partial charge in [-0.1, -0.05) is 6.92 Å². The molecule has 2 amide bonds. The Labute approximate surface area is 77.6 Å². The van der Waals surface area contributed by atoms with Crippen LogP contribution >= 0.6 is 0 Å². The fourth-order valence-electron chi connectivity index (χ4n) is 0.751. The lowest BCUT2D eigenvalue weighted by molar-refractivity contribution is -0.122. The Morgan fingerprint density at radius 3 is 2.69 bits per heavy atom. The van der Waals surface area contributed by atoms with Gasteiger partial charge in [0.05, 0.1) is 6.61 Å². The molecule has 0 atom stereocenters. The van der Waals surface area contributed by atoms with Crippen molar-refractivity contribution in [1.29, 1.82) is 0 Å². The number of hydrogen-bond donors (Lipinski definition) is 2. The van der Waals surface area contributed by atoms with Crippen molar-refractivity contribution in [2.24, 2.45) is 5.73 Å². The van der Waals surface area contributed by atoms with Gasteiger partial charge in [-0.2, -0.15) is 0 Å². The van der Waals surface area contributed by atoms with Crippen molar-refractivity contribution in [3.05, 3.63) is 0 Å². The molecule has 0 aliphatic heterocycles. The summed E-state index contributed by atoms with van der Waals surface area (Å²) >= 11 is 0. The summed E-state index contributed by atoms with van der Waals surface area (Å²) in [7, 11) is 0. The van der Waals surface area contributed by atoms with Crippen LogP contribution in [0.2, 0.25) is 0 Å². The second kappa shape index (κ2) is 7.54. The van der Waals surface area contributed by atoms with Gasteiger partial charge in [0.1, 0.15) is 6.61 Å². The Balaban J connectivity index is 3.16. The lowest BCUT2D eigenvalue weighted by atomic mass is 10.3. The molecule has 0 aromatic carbocycles. The molecule has 0 heterocycles. The van der Waals surface area contributed by atoms with Crippen molar-refractivity contribution in [3.63, 3.8) is 0 Å². The Bertz CT molecular complexity index is 171. The van der Waals surface area contributed by atoms with Crippen molar-refractivity contribution in [1.82, 2.24) is 5.32 Å². The fourth-order valence-corrected chi connectivity index (χ4v) is 0.751. The molecule has 0 bridgehead atoms. The first-order valence-corrected chi connectivity index (χ1v) is 4.29. The van der Waals surface area contributed by atoms with Gasteiger partial charge in [-0.05, 0) is 6.42 Å². The average Bonchev–Trinajstić information content (AvgIpc) is 2.03. The molecule has 0 aromatic heterocycles. The molecule has 0 aromatic rings. The quantitative estimate of drug-likeness (QED) is 0.524. The fraction of sp³-hybridized carbons (Fsp3) is 0.750. The highest BCUT2D eigenvalue weighted by Gasteiger charge is 1.98. The van der Waals surface area contributed by atoms with E-state index >= 15 is 0 Å². The molecular weight excluding hydrogens is 172 g/mol. The van der Waals surface area contributed by atoms with Crippen LogP contribution in [-0.4, -0.2) is 31.6 Å². The predicted molar refractivity (Wildman–Crippen MR) is 47.9 cm³/mol. The number of nitrogens with one attached hydrogen (secondary N) is 1. The molecule has 5 heteroatoms. The minimum atomic E-state index is -0.500. The molecule has 0 aliphatic carbocycles. The van der Waals surface area contributed by atoms with E-state index < -0.39 is 5.91 Å². The molecule has 0 saturated carbocycles. The molecule has 0 unspecified atom stereocenters. The van der Waals surface area contributed by atoms with Crippen LogP contribution in [0.25, 0.3) is 0 Å². The molecule has 13 heavy (non-hydrogen) atoms. The molecule has 0 saturated heterocycles. The highest BCUT2D eigenvalue weighted by atomic mass is 16.5. The van der Waals surface area contributed by atoms with Crippen LogP contribution in [-0.2, 0) is 14.3 Å². The number of rotatable bonds is 7. The lowest BCUT2D eigenvalue weighted by Gasteiger charge is -2.03. The van der Waals surface area contributed by atoms with E-state index in [0.717, 1.165) is 6.42 Å². The van der Waals surface area contributed by atoms with Gasteiger partial charge in [0.15, 0.2) is 0 Å². The summed E-state index contributed by atoms with van der Waals surface area (Å²) in [6.07, 6.45) is 1.35. The van der Waals surface area contributed by atoms with Crippen molar-refractivity contribution in [2.75, 3.05) is 19.8 Å². The second-order valence-electron chi connectivity index (χ2n) is 2.62. The molecule has 0 rings (SSSR count). The van der Waals surface area contributed by atoms with Gasteiger partial charge in [-0.25, -0.2) is 0 Å². The van der Waals surface area contributed by atoms with Gasteiger partial charge in [-0.3, -0.25) is 9.59 Å². The zero-order valence-electron chi connectivity index (χ0n) is 7.84. The van der Waals surface area contributed by atoms with Crippen LogP contribution in [0.5, 0.6) is 0 Å². The summed E-state index contributed by atoms with van der Waals surface area (Å²) < 4.78 is 4.83. The van der Waals surface area contributed by atoms with E-state index in [1.165, 1.54) is 0 Å². The van der Waals surface area contributed by atoms with Crippen molar-refractivity contribution >= 4 is 11.8 Å². The minimum Gasteiger partial charge on any atom is -0.370 e. The topological polar surface area (TPSA) is 81.4 Å². The Morgan fingerprint density at radius 1 is 1.46 bits per heavy atom. The number of primary amides is 1. The second-order valence-corrected chi connectivity index (χ2v) is 2.62. The molecule has 5 nitrogen and oxygen atoms in total. The molecule has 0 radical (unpaired) electrons. The number of amides is 2. The largest absolute Gasteiger partial charge is 0.370 e. The molecule has 76 valence electrons. The molecule has 0 spiro atoms. The maximum absolute atomic E-state index is 10.9. The minimum absolute atomic E-state index is 0.00479. The third-order valence-corrected chi connectivity index (χ3v) is 1.29. The first-order chi connectivity index (χ1) is 6.16. The molecule has 0 aliphatic rings. The van der Waals surface area contributed by atoms with E-state index in [-0.39, 0.29) is 12.5 Å². The number of nitrogens with two attached hydrogens (primary N) is 1. The summed E-state index contributed by atoms with van der Waals surface area (Å²) in [5.74, 6) is -0.495. The monoisotopic (exact) mass is 188 g/mol. The van der Waals surface area contributed by atoms with E-state index in [1.807, 2.05) is 6.92 Å². The van der Waals surface area contributed by atoms with Crippen molar-refractivity contribution < 1.29 is 14.3 Å². The first-order valence-electron chi connectivity index (χ1n) is 4.29. The van der Waals surface area contributed by atoms with E-state index in [1.54, 1.807) is 0 Å². The molecule has 0 fully saturated rings. The Morgan fingerprint density at radius 2 is 2.15 bits per heavy atom. The highest BCUT2D eigenvalue weighted by molar-refractivity contribution is 5.75. The zero-order valence-corrected chi connectivity index (χ0v) is 7.84. The summed E-state index contributed by atoms with van der Waals surface area (Å²) in [5.41, 5.74) is 4.83. The van der Waals surface area contributed by atoms with E-state index in [2.05, 4.69) is 5.32 Å². The number of carbonyl (C=O) groups excluding carboxylic acids is 2. The summed E-state index contributed by atoms with van der Waals surface area (Å²) in [5, 5.41) is 2.64. The van der Waals surface area contributed by atoms with Crippen LogP contribution in [0.4, 0.5) is 0 Å². The van der Waals surface area contributed by atoms with Crippen LogP contribution < -0.4 is 11.1 Å². The standard InChI is InChI=1S/C8H16N2O3/c1-2-3-8(12)10-4-5-13-6-7(9)11/h2-6H2,1H3,(H2,9,11)(H,10,12). The SMILES string of the molecule is CCCC(=O)NCCOCC(N)=O. The van der Waals surface area contributed by atoms with Crippen molar-refractivity contribution in [3.8, 4) is 0 Å². The smallest absolute Gasteiger partial charge is 0.243 e. The maximum atomic E-state index is 10.9. The normalized spacial score (nSPS) is 9.62. The zero-order chi connectivity index (χ0) is 10.1. The van der Waals surface area contributed by atoms with Gasteiger partial charge < -0.3 is 15.8 Å². The predicted octanol–water partition coefficient (Wildman–Crippen LogP) is -0.595. The highest BCUT2D eigenvalue weighted by Crippen LogP contribution is 1.84. The van der Waals surface area contributed by atoms with Gasteiger partial charge in [0, 0.05) is 13.0 Å². The molecule has 3 N–H and O–H groups in total. The Hall–Kier alpha value is -1.10. The first kappa shape index (κ1) is 11.9. The summed E-state index contributed by atoms with van der Waals surface area (Å²) in [4.78, 5) is 21.1. The van der Waals surface area contributed by atoms with Crippen LogP contribution in [0.3, 0.4) is 0 Å². The third-order valence-electron chi connectivity index (χ3n) is 1.29. The molecular formula is C8H16N2O3. The average molecular weight is 188 g/mol. The van der Waals surface area contributed by atoms with Crippen LogP contribution in [0.1, 0.15) is 19.8 Å². The van der Waals surface area contributed by atoms with E-state index in [9.17, 15) is 9.59 Å². The summed E-state index contributed by atoms with van der Waals surface area (Å²) in [6, 6.07) is 0. The summed E-state index contributed by atoms with van der Waals surface area (Å²) in [6.45, 7) is 2.58. The Kier molecular flexibility index (Phi) is 6.91. The van der Waals surface area contributed by atoms with Gasteiger partial charge in [0.2, 0.25) is 11.8 Å². The number of carbonyl (C=O) groups is 2. The van der Waals surface area contributed by atoms with E-state index in [4.69, 9.17) is 10.5 Å². The van der Waals surface area contributed by atoms with Gasteiger partial charge in [-0.15, -0.1) is 0 Å². The van der Waals surface area contributed by atoms with Gasteiger partial charge in [0.25, 0.3) is 0 Å². The van der Waals surface area contributed by atoms with Crippen LogP contribution in [0, 0.1) is 0 Å².